The first-order valence-electron chi connectivity index (χ1n) is 8.11. The van der Waals surface area contributed by atoms with Crippen LogP contribution in [0.1, 0.15) is 29.2 Å². The van der Waals surface area contributed by atoms with Crippen molar-refractivity contribution in [3.05, 3.63) is 34.4 Å². The lowest BCUT2D eigenvalue weighted by Gasteiger charge is -2.36. The molecule has 2 rings (SSSR count). The van der Waals surface area contributed by atoms with Gasteiger partial charge in [0.05, 0.1) is 12.7 Å². The molecule has 21 heavy (non-hydrogen) atoms. The normalized spacial score (nSPS) is 21.5. The third-order valence-corrected chi connectivity index (χ3v) is 4.48. The molecule has 1 aliphatic rings. The van der Waals surface area contributed by atoms with Crippen LogP contribution >= 0.6 is 0 Å². The standard InChI is InChI=1S/C18H30N2O/c1-6-19-17(18-12-20(5)7-8-21-18)11-16-14(3)9-13(2)10-15(16)4/h9-10,17-19H,6-8,11-12H2,1-5H3. The number of morpholine rings is 1. The monoisotopic (exact) mass is 290 g/mol. The molecule has 0 amide bonds. The van der Waals surface area contributed by atoms with E-state index < -0.39 is 0 Å². The number of nitrogens with zero attached hydrogens (tertiary/aromatic N) is 1. The van der Waals surface area contributed by atoms with Crippen molar-refractivity contribution in [3.63, 3.8) is 0 Å². The molecule has 0 spiro atoms. The summed E-state index contributed by atoms with van der Waals surface area (Å²) < 4.78 is 6.03. The van der Waals surface area contributed by atoms with Gasteiger partial charge in [-0.3, -0.25) is 0 Å². The van der Waals surface area contributed by atoms with E-state index >= 15 is 0 Å². The highest BCUT2D eigenvalue weighted by Gasteiger charge is 2.27. The Morgan fingerprint density at radius 1 is 1.29 bits per heavy atom. The van der Waals surface area contributed by atoms with Crippen LogP contribution in [-0.2, 0) is 11.2 Å². The average molecular weight is 290 g/mol. The molecule has 2 atom stereocenters. The van der Waals surface area contributed by atoms with E-state index in [4.69, 9.17) is 4.74 Å². The molecule has 0 radical (unpaired) electrons. The minimum absolute atomic E-state index is 0.281. The van der Waals surface area contributed by atoms with Gasteiger partial charge in [-0.05, 0) is 57.5 Å². The molecule has 0 aliphatic carbocycles. The Hall–Kier alpha value is -0.900. The van der Waals surface area contributed by atoms with Gasteiger partial charge in [-0.15, -0.1) is 0 Å². The Morgan fingerprint density at radius 2 is 1.95 bits per heavy atom. The van der Waals surface area contributed by atoms with E-state index in [9.17, 15) is 0 Å². The fraction of sp³-hybridized carbons (Fsp3) is 0.667. The number of aryl methyl sites for hydroxylation is 3. The number of hydrogen-bond acceptors (Lipinski definition) is 3. The van der Waals surface area contributed by atoms with Gasteiger partial charge >= 0.3 is 0 Å². The zero-order valence-corrected chi connectivity index (χ0v) is 14.2. The van der Waals surface area contributed by atoms with Crippen molar-refractivity contribution < 1.29 is 4.74 Å². The molecule has 3 nitrogen and oxygen atoms in total. The Balaban J connectivity index is 2.16. The second-order valence-electron chi connectivity index (χ2n) is 6.42. The molecule has 0 aromatic heterocycles. The maximum atomic E-state index is 6.03. The fourth-order valence-electron chi connectivity index (χ4n) is 3.40. The predicted octanol–water partition coefficient (Wildman–Crippen LogP) is 2.46. The van der Waals surface area contributed by atoms with Crippen LogP contribution in [0.3, 0.4) is 0 Å². The number of nitrogens with one attached hydrogen (secondary N) is 1. The maximum absolute atomic E-state index is 6.03. The van der Waals surface area contributed by atoms with Gasteiger partial charge in [0.1, 0.15) is 0 Å². The summed E-state index contributed by atoms with van der Waals surface area (Å²) in [5.41, 5.74) is 5.63. The molecule has 1 aliphatic heterocycles. The highest BCUT2D eigenvalue weighted by atomic mass is 16.5. The molecule has 1 fully saturated rings. The summed E-state index contributed by atoms with van der Waals surface area (Å²) in [4.78, 5) is 2.37. The van der Waals surface area contributed by atoms with Gasteiger partial charge < -0.3 is 15.0 Å². The van der Waals surface area contributed by atoms with Gasteiger partial charge in [0.25, 0.3) is 0 Å². The highest BCUT2D eigenvalue weighted by molar-refractivity contribution is 5.38. The largest absolute Gasteiger partial charge is 0.374 e. The second-order valence-corrected chi connectivity index (χ2v) is 6.42. The molecule has 1 aromatic carbocycles. The average Bonchev–Trinajstić information content (AvgIpc) is 2.41. The smallest absolute Gasteiger partial charge is 0.0858 e. The summed E-state index contributed by atoms with van der Waals surface area (Å²) in [5, 5.41) is 3.64. The van der Waals surface area contributed by atoms with Crippen molar-refractivity contribution in [3.8, 4) is 0 Å². The summed E-state index contributed by atoms with van der Waals surface area (Å²) in [6, 6.07) is 4.97. The fourth-order valence-corrected chi connectivity index (χ4v) is 3.40. The predicted molar refractivity (Wildman–Crippen MR) is 89.1 cm³/mol. The molecule has 1 heterocycles. The van der Waals surface area contributed by atoms with Crippen LogP contribution in [0.4, 0.5) is 0 Å². The van der Waals surface area contributed by atoms with E-state index in [1.807, 2.05) is 0 Å². The Labute approximate surface area is 129 Å². The van der Waals surface area contributed by atoms with Crippen LogP contribution in [0.5, 0.6) is 0 Å². The van der Waals surface area contributed by atoms with E-state index in [2.05, 4.69) is 57.1 Å². The number of hydrogen-bond donors (Lipinski definition) is 1. The van der Waals surface area contributed by atoms with Gasteiger partial charge in [0.15, 0.2) is 0 Å². The zero-order valence-electron chi connectivity index (χ0n) is 14.2. The van der Waals surface area contributed by atoms with Crippen LogP contribution in [-0.4, -0.2) is 50.3 Å². The van der Waals surface area contributed by atoms with E-state index in [0.717, 1.165) is 32.7 Å². The molecule has 2 unspecified atom stereocenters. The molecule has 0 saturated carbocycles. The van der Waals surface area contributed by atoms with E-state index in [1.54, 1.807) is 0 Å². The first-order chi connectivity index (χ1) is 10.0. The number of benzene rings is 1. The van der Waals surface area contributed by atoms with Gasteiger partial charge in [-0.2, -0.15) is 0 Å². The molecule has 118 valence electrons. The van der Waals surface area contributed by atoms with Crippen LogP contribution < -0.4 is 5.32 Å². The maximum Gasteiger partial charge on any atom is 0.0858 e. The van der Waals surface area contributed by atoms with Crippen molar-refractivity contribution >= 4 is 0 Å². The summed E-state index contributed by atoms with van der Waals surface area (Å²) in [6.45, 7) is 12.7. The number of rotatable bonds is 5. The SMILES string of the molecule is CCNC(Cc1c(C)cc(C)cc1C)C1CN(C)CCO1. The van der Waals surface area contributed by atoms with Crippen LogP contribution in [0.15, 0.2) is 12.1 Å². The van der Waals surface area contributed by atoms with Crippen molar-refractivity contribution in [2.45, 2.75) is 46.3 Å². The van der Waals surface area contributed by atoms with Gasteiger partial charge in [-0.25, -0.2) is 0 Å². The lowest BCUT2D eigenvalue weighted by Crippen LogP contribution is -2.52. The molecule has 1 aromatic rings. The Kier molecular flexibility index (Phi) is 5.80. The lowest BCUT2D eigenvalue weighted by atomic mass is 9.92. The number of likely N-dealkylation sites (N-methyl/N-ethyl adjacent to an activating group) is 2. The molecular weight excluding hydrogens is 260 g/mol. The first kappa shape index (κ1) is 16.5. The van der Waals surface area contributed by atoms with Gasteiger partial charge in [0, 0.05) is 19.1 Å². The minimum Gasteiger partial charge on any atom is -0.374 e. The minimum atomic E-state index is 0.281. The van der Waals surface area contributed by atoms with Gasteiger partial charge in [0.2, 0.25) is 0 Å². The molecule has 3 heteroatoms. The van der Waals surface area contributed by atoms with Crippen molar-refractivity contribution in [2.75, 3.05) is 33.3 Å². The summed E-state index contributed by atoms with van der Waals surface area (Å²) in [6.07, 6.45) is 1.33. The van der Waals surface area contributed by atoms with Crippen molar-refractivity contribution in [1.29, 1.82) is 0 Å². The van der Waals surface area contributed by atoms with Crippen molar-refractivity contribution in [1.82, 2.24) is 10.2 Å². The topological polar surface area (TPSA) is 24.5 Å². The third-order valence-electron chi connectivity index (χ3n) is 4.48. The summed E-state index contributed by atoms with van der Waals surface area (Å²) >= 11 is 0. The molecule has 1 N–H and O–H groups in total. The quantitative estimate of drug-likeness (QED) is 0.901. The number of ether oxygens (including phenoxy) is 1. The Bertz CT molecular complexity index is 449. The van der Waals surface area contributed by atoms with Crippen LogP contribution in [0, 0.1) is 20.8 Å². The van der Waals surface area contributed by atoms with E-state index in [-0.39, 0.29) is 6.10 Å². The molecule has 1 saturated heterocycles. The van der Waals surface area contributed by atoms with Crippen LogP contribution in [0.2, 0.25) is 0 Å². The van der Waals surface area contributed by atoms with Crippen molar-refractivity contribution in [2.24, 2.45) is 0 Å². The second kappa shape index (κ2) is 7.39. The summed E-state index contributed by atoms with van der Waals surface area (Å²) in [5.74, 6) is 0. The summed E-state index contributed by atoms with van der Waals surface area (Å²) in [7, 11) is 2.18. The Morgan fingerprint density at radius 3 is 2.52 bits per heavy atom. The third kappa shape index (κ3) is 4.29. The molecular formula is C18H30N2O. The van der Waals surface area contributed by atoms with E-state index in [1.165, 1.54) is 22.3 Å². The zero-order chi connectivity index (χ0) is 15.4. The molecule has 0 bridgehead atoms. The first-order valence-corrected chi connectivity index (χ1v) is 8.11. The lowest BCUT2D eigenvalue weighted by molar-refractivity contribution is -0.0382. The van der Waals surface area contributed by atoms with Gasteiger partial charge in [-0.1, -0.05) is 24.6 Å². The van der Waals surface area contributed by atoms with Crippen LogP contribution in [0.25, 0.3) is 0 Å². The van der Waals surface area contributed by atoms with E-state index in [0.29, 0.717) is 6.04 Å². The highest BCUT2D eigenvalue weighted by Crippen LogP contribution is 2.20.